The van der Waals surface area contributed by atoms with Gasteiger partial charge in [0.25, 0.3) is 0 Å². The van der Waals surface area contributed by atoms with Gasteiger partial charge in [0.05, 0.1) is 23.2 Å². The Labute approximate surface area is 422 Å². The molecule has 1 radical (unpaired) electrons. The monoisotopic (exact) mass is 1100 g/mol. The van der Waals surface area contributed by atoms with Crippen molar-refractivity contribution in [1.29, 1.82) is 0 Å². The van der Waals surface area contributed by atoms with Gasteiger partial charge in [-0.1, -0.05) is 93.5 Å². The molecule has 10 aliphatic rings. The van der Waals surface area contributed by atoms with Crippen LogP contribution in [0.1, 0.15) is 212 Å². The minimum Gasteiger partial charge on any atom is -0.481 e. The Bertz CT molecular complexity index is 1940. The predicted molar refractivity (Wildman–Crippen MR) is 266 cm³/mol. The summed E-state index contributed by atoms with van der Waals surface area (Å²) in [6.45, 7) is 37.9. The fourth-order valence-corrected chi connectivity index (χ4v) is 23.0. The molecule has 10 aliphatic carbocycles. The maximum Gasteiger partial charge on any atom is 0.309 e. The molecule has 20 atom stereocenters. The van der Waals surface area contributed by atoms with E-state index in [1.54, 1.807) is 0 Å². The van der Waals surface area contributed by atoms with Crippen LogP contribution in [0.3, 0.4) is 0 Å². The number of aliphatic carboxylic acids is 1. The van der Waals surface area contributed by atoms with Crippen LogP contribution in [0.25, 0.3) is 0 Å². The van der Waals surface area contributed by atoms with Gasteiger partial charge >= 0.3 is 5.97 Å². The molecule has 0 heterocycles. The van der Waals surface area contributed by atoms with Crippen LogP contribution in [0.5, 0.6) is 0 Å². The van der Waals surface area contributed by atoms with Gasteiger partial charge < -0.3 is 25.2 Å². The summed E-state index contributed by atoms with van der Waals surface area (Å²) < 4.78 is 6.27. The van der Waals surface area contributed by atoms with E-state index in [9.17, 15) is 25.2 Å². The minimum atomic E-state index is -0.538. The first-order chi connectivity index (χ1) is 30.6. The largest absolute Gasteiger partial charge is 0.481 e. The zero-order valence-electron chi connectivity index (χ0n) is 44.7. The molecule has 0 bridgehead atoms. The molecule has 0 spiro atoms. The molecule has 0 aromatic rings. The van der Waals surface area contributed by atoms with E-state index in [4.69, 9.17) is 4.74 Å². The second-order valence-corrected chi connectivity index (χ2v) is 28.9. The standard InChI is InChI=1S/C30H50O3.C30H48O3.Re/c1-19(2)20-10-15-30(33-18-31)17-16-28(6)21(25(20)30)8-9-23-27(5)13-12-24(32)26(3,4)22(27)11-14-29(23,28)7;1-18(2)19-10-15-30(25(32)33)17-16-28(6)20(24(19)30)8-9-22-27(5)13-12-23(31)26(3,4)21(27)11-14-29(22,28)7;/h20-25,31-32H,1,8-18H2,2-7H3;19-24,31H,1,8-17H2,2-7H3,(H,32,33);/t20?,21?,22?,23?,24?,25?,27-,28?,29+,30?;19?,20?,21?,22?,23?,24?,27-,28?,29+,30?;/m00./s1. The Morgan fingerprint density at radius 2 is 0.940 bits per heavy atom. The molecule has 0 aliphatic heterocycles. The quantitative estimate of drug-likeness (QED) is 0.161. The predicted octanol–water partition coefficient (Wildman–Crippen LogP) is 13.8. The number of rotatable bonds is 5. The molecule has 7 heteroatoms. The first-order valence-electron chi connectivity index (χ1n) is 27.8. The second-order valence-electron chi connectivity index (χ2n) is 28.9. The van der Waals surface area contributed by atoms with E-state index in [1.165, 1.54) is 81.8 Å². The van der Waals surface area contributed by atoms with Crippen molar-refractivity contribution in [3.05, 3.63) is 24.3 Å². The normalized spacial score (nSPS) is 54.3. The average Bonchev–Trinajstić information content (AvgIpc) is 3.83. The average molecular weight is 1100 g/mol. The van der Waals surface area contributed by atoms with Gasteiger partial charge in [-0.25, -0.2) is 0 Å². The molecule has 16 unspecified atom stereocenters. The molecule has 0 saturated heterocycles. The fraction of sp³-hybridized carbons (Fsp3) is 0.917. The van der Waals surface area contributed by atoms with Crippen LogP contribution in [-0.2, 0) is 30.0 Å². The van der Waals surface area contributed by atoms with Crippen LogP contribution in [0.2, 0.25) is 0 Å². The number of ether oxygens (including phenoxy) is 1. The molecule has 0 amide bonds. The third-order valence-corrected chi connectivity index (χ3v) is 26.8. The summed E-state index contributed by atoms with van der Waals surface area (Å²) in [4.78, 5) is 12.8. The van der Waals surface area contributed by atoms with Gasteiger partial charge in [0, 0.05) is 20.4 Å². The van der Waals surface area contributed by atoms with Crippen molar-refractivity contribution in [2.45, 2.75) is 229 Å². The van der Waals surface area contributed by atoms with E-state index < -0.39 is 11.4 Å². The number of carboxylic acids is 1. The third-order valence-electron chi connectivity index (χ3n) is 26.8. The zero-order valence-corrected chi connectivity index (χ0v) is 47.4. The molecule has 6 nitrogen and oxygen atoms in total. The number of hydrogen-bond acceptors (Lipinski definition) is 5. The summed E-state index contributed by atoms with van der Waals surface area (Å²) in [6.07, 6.45) is 22.1. The molecule has 10 rings (SSSR count). The summed E-state index contributed by atoms with van der Waals surface area (Å²) in [6, 6.07) is 0. The van der Waals surface area contributed by atoms with Crippen molar-refractivity contribution < 1.29 is 50.4 Å². The van der Waals surface area contributed by atoms with Crippen molar-refractivity contribution >= 4 is 5.97 Å². The third kappa shape index (κ3) is 6.90. The van der Waals surface area contributed by atoms with Gasteiger partial charge in [-0.05, 0) is 245 Å². The molecule has 67 heavy (non-hydrogen) atoms. The molecule has 10 saturated carbocycles. The van der Waals surface area contributed by atoms with Crippen molar-refractivity contribution in [2.75, 3.05) is 6.79 Å². The number of aliphatic hydroxyl groups is 3. The van der Waals surface area contributed by atoms with Crippen molar-refractivity contribution in [1.82, 2.24) is 0 Å². The summed E-state index contributed by atoms with van der Waals surface area (Å²) >= 11 is 0. The first kappa shape index (κ1) is 52.8. The topological polar surface area (TPSA) is 107 Å². The Morgan fingerprint density at radius 3 is 1.39 bits per heavy atom. The summed E-state index contributed by atoms with van der Waals surface area (Å²) in [5.41, 5.74) is 3.49. The zero-order chi connectivity index (χ0) is 48.2. The van der Waals surface area contributed by atoms with E-state index in [0.717, 1.165) is 63.7 Å². The van der Waals surface area contributed by atoms with Crippen LogP contribution in [-0.4, -0.2) is 51.0 Å². The minimum absolute atomic E-state index is 0. The van der Waals surface area contributed by atoms with Crippen LogP contribution in [0.15, 0.2) is 24.3 Å². The second kappa shape index (κ2) is 17.0. The number of aliphatic hydroxyl groups excluding tert-OH is 3. The van der Waals surface area contributed by atoms with Crippen LogP contribution >= 0.6 is 0 Å². The van der Waals surface area contributed by atoms with E-state index >= 15 is 0 Å². The van der Waals surface area contributed by atoms with Crippen LogP contribution < -0.4 is 0 Å². The van der Waals surface area contributed by atoms with E-state index in [-0.39, 0.29) is 78.0 Å². The van der Waals surface area contributed by atoms with Crippen molar-refractivity contribution in [3.63, 3.8) is 0 Å². The van der Waals surface area contributed by atoms with Gasteiger partial charge in [-0.3, -0.25) is 4.79 Å². The Morgan fingerprint density at radius 1 is 0.507 bits per heavy atom. The van der Waals surface area contributed by atoms with Gasteiger partial charge in [-0.15, -0.1) is 0 Å². The van der Waals surface area contributed by atoms with E-state index in [1.807, 2.05) is 0 Å². The van der Waals surface area contributed by atoms with Crippen molar-refractivity contribution in [2.24, 2.45) is 108 Å². The number of carbonyl (C=O) groups is 1. The Balaban J connectivity index is 0.000000179. The smallest absolute Gasteiger partial charge is 0.309 e. The Kier molecular flexibility index (Phi) is 13.4. The number of allylic oxidation sites excluding steroid dienone is 2. The maximum atomic E-state index is 12.8. The van der Waals surface area contributed by atoms with Gasteiger partial charge in [-0.2, -0.15) is 0 Å². The maximum absolute atomic E-state index is 12.8. The summed E-state index contributed by atoms with van der Waals surface area (Å²) in [5.74, 6) is 4.80. The molecule has 381 valence electrons. The first-order valence-corrected chi connectivity index (χ1v) is 27.8. The molecule has 4 N–H and O–H groups in total. The SMILES string of the molecule is C=C(C)C1CCC2(C(=O)O)CCC3(C)C(CCC4[C@@]5(C)CCC(O)C(C)(C)C5CC[C@]43C)C12.C=C(C)C1CCC2(OCO)CCC3(C)C(CCC4[C@@]5(C)CCC(O)C(C)(C)C5CC[C@]43C)C12.[Re]. The summed E-state index contributed by atoms with van der Waals surface area (Å²) in [5, 5.41) is 42.1. The molecule has 10 fully saturated rings. The molecule has 0 aromatic carbocycles. The fourth-order valence-electron chi connectivity index (χ4n) is 23.0. The van der Waals surface area contributed by atoms with E-state index in [0.29, 0.717) is 63.6 Å². The molecular formula is C60H98O6Re. The Hall–Kier alpha value is -0.548. The molecular weight excluding hydrogens is 1000 g/mol. The van der Waals surface area contributed by atoms with Crippen LogP contribution in [0.4, 0.5) is 0 Å². The molecule has 0 aromatic heterocycles. The van der Waals surface area contributed by atoms with Gasteiger partial charge in [0.1, 0.15) is 6.79 Å². The van der Waals surface area contributed by atoms with Gasteiger partial charge in [0.15, 0.2) is 0 Å². The number of hydrogen-bond donors (Lipinski definition) is 4. The number of carboxylic acid groups (broad SMARTS) is 1. The van der Waals surface area contributed by atoms with Crippen LogP contribution in [0, 0.1) is 108 Å². The van der Waals surface area contributed by atoms with E-state index in [2.05, 4.69) is 96.2 Å². The summed E-state index contributed by atoms with van der Waals surface area (Å²) in [7, 11) is 0. The van der Waals surface area contributed by atoms with Crippen molar-refractivity contribution in [3.8, 4) is 0 Å². The van der Waals surface area contributed by atoms with Gasteiger partial charge in [0.2, 0.25) is 0 Å². The number of fused-ring (bicyclic) bond motifs is 14.